The summed E-state index contributed by atoms with van der Waals surface area (Å²) in [5, 5.41) is 0.513. The average molecular weight is 895 g/mol. The van der Waals surface area contributed by atoms with Crippen LogP contribution in [0.25, 0.3) is 0 Å². The number of anilines is 1. The normalized spacial score (nSPS) is 21.7. The number of rotatable bonds is 19. The van der Waals surface area contributed by atoms with E-state index in [9.17, 15) is 53.3 Å². The largest absolute Gasteiger partial charge is 0.385 e. The van der Waals surface area contributed by atoms with Crippen molar-refractivity contribution in [1.82, 2.24) is 5.06 Å². The standard InChI is InChI=1S/C40H51N3O14S3/c1-6-41-32-14-12-28(59(50,51)52)25-30(32)39(3,18-10-22-58(47,48)49)34(41)23-27(2)24-35-40(4,19-21-56-5)31-26-29(60(53,54)55)13-15-33(31)42(35)20-9-7-8-11-38(46)57-43-36(44)16-17-37(43)45/h12-15,23-26H,6-11,16-22H2,1-5H3,(H2-,47,48,49,50,51,52,53,54,55)/p+1. The third kappa shape index (κ3) is 10.1. The van der Waals surface area contributed by atoms with Crippen molar-refractivity contribution < 1.29 is 67.4 Å². The van der Waals surface area contributed by atoms with Crippen molar-refractivity contribution in [2.45, 2.75) is 106 Å². The summed E-state index contributed by atoms with van der Waals surface area (Å²) in [5.74, 6) is -2.37. The van der Waals surface area contributed by atoms with Crippen LogP contribution in [0.15, 0.2) is 69.6 Å². The summed E-state index contributed by atoms with van der Waals surface area (Å²) < 4.78 is 110. The van der Waals surface area contributed by atoms with Crippen LogP contribution >= 0.6 is 0 Å². The molecule has 328 valence electrons. The number of imide groups is 1. The molecule has 20 heteroatoms. The van der Waals surface area contributed by atoms with Crippen LogP contribution in [-0.2, 0) is 65.1 Å². The highest BCUT2D eigenvalue weighted by Gasteiger charge is 2.49. The van der Waals surface area contributed by atoms with Gasteiger partial charge < -0.3 is 14.5 Å². The average Bonchev–Trinajstić information content (AvgIpc) is 3.68. The molecule has 2 atom stereocenters. The minimum Gasteiger partial charge on any atom is -0.385 e. The minimum absolute atomic E-state index is 0.0128. The molecule has 2 amide bonds. The molecule has 0 saturated carbocycles. The lowest BCUT2D eigenvalue weighted by Gasteiger charge is -2.30. The second-order valence-corrected chi connectivity index (χ2v) is 20.1. The Labute approximate surface area is 350 Å². The molecule has 0 aliphatic carbocycles. The van der Waals surface area contributed by atoms with Gasteiger partial charge in [0.1, 0.15) is 6.54 Å². The van der Waals surface area contributed by atoms with Gasteiger partial charge in [0.05, 0.1) is 21.0 Å². The first-order chi connectivity index (χ1) is 27.9. The van der Waals surface area contributed by atoms with E-state index >= 15 is 0 Å². The minimum atomic E-state index is -4.60. The molecule has 3 N–H and O–H groups in total. The zero-order valence-electron chi connectivity index (χ0n) is 34.2. The van der Waals surface area contributed by atoms with Crippen molar-refractivity contribution in [2.24, 2.45) is 0 Å². The van der Waals surface area contributed by atoms with Gasteiger partial charge in [-0.1, -0.05) is 0 Å². The Kier molecular flexibility index (Phi) is 14.0. The number of carbonyl (C=O) groups excluding carboxylic acids is 3. The van der Waals surface area contributed by atoms with Crippen LogP contribution in [0.1, 0.15) is 96.6 Å². The van der Waals surface area contributed by atoms with Crippen LogP contribution in [0.4, 0.5) is 11.4 Å². The molecule has 2 aromatic carbocycles. The van der Waals surface area contributed by atoms with Gasteiger partial charge in [-0.05, 0) is 107 Å². The number of likely N-dealkylation sites (N-methyl/N-ethyl adjacent to an activating group) is 1. The van der Waals surface area contributed by atoms with Gasteiger partial charge in [0.15, 0.2) is 5.71 Å². The Hall–Kier alpha value is -4.31. The fraction of sp³-hybridized carbons (Fsp3) is 0.500. The molecule has 2 unspecified atom stereocenters. The first-order valence-corrected chi connectivity index (χ1v) is 24.0. The fourth-order valence-electron chi connectivity index (χ4n) is 8.33. The predicted molar refractivity (Wildman–Crippen MR) is 220 cm³/mol. The number of nitrogens with zero attached hydrogens (tertiary/aromatic N) is 3. The van der Waals surface area contributed by atoms with E-state index in [2.05, 4.69) is 0 Å². The second kappa shape index (κ2) is 18.0. The summed E-state index contributed by atoms with van der Waals surface area (Å²) in [7, 11) is -11.9. The van der Waals surface area contributed by atoms with E-state index in [4.69, 9.17) is 9.57 Å². The molecule has 3 aliphatic rings. The Bertz CT molecular complexity index is 2480. The maximum atomic E-state index is 12.5. The van der Waals surface area contributed by atoms with E-state index in [1.165, 1.54) is 24.3 Å². The van der Waals surface area contributed by atoms with Gasteiger partial charge in [0, 0.05) is 80.4 Å². The maximum Gasteiger partial charge on any atom is 0.333 e. The van der Waals surface area contributed by atoms with Gasteiger partial charge >= 0.3 is 5.97 Å². The topological polar surface area (TPSA) is 242 Å². The van der Waals surface area contributed by atoms with Crippen LogP contribution in [0.2, 0.25) is 0 Å². The van der Waals surface area contributed by atoms with E-state index in [0.29, 0.717) is 77.6 Å². The quantitative estimate of drug-likeness (QED) is 0.0725. The molecule has 0 aromatic heterocycles. The zero-order chi connectivity index (χ0) is 44.4. The summed E-state index contributed by atoms with van der Waals surface area (Å²) in [6.07, 6.45) is 5.89. The number of benzene rings is 2. The molecule has 5 rings (SSSR count). The first kappa shape index (κ1) is 46.8. The third-order valence-corrected chi connectivity index (χ3v) is 13.9. The number of hydroxylamine groups is 2. The van der Waals surface area contributed by atoms with Crippen LogP contribution in [-0.4, -0.2) is 105 Å². The Morgan fingerprint density at radius 1 is 0.850 bits per heavy atom. The SMILES string of the molecule is CCN1/C(=C/C(C)=C/C2=[N+](CCCCCC(=O)ON3C(=O)CCC3=O)c3ccc(S(=O)(=O)O)cc3C2(C)CCOC)C(C)(CCCS(=O)(=O)O)c2cc(S(=O)(=O)O)ccc21. The van der Waals surface area contributed by atoms with Gasteiger partial charge in [0.25, 0.3) is 42.2 Å². The number of allylic oxidation sites excluding steroid dienone is 4. The van der Waals surface area contributed by atoms with E-state index in [-0.39, 0.29) is 48.5 Å². The number of hydrogen-bond acceptors (Lipinski definition) is 12. The molecule has 0 radical (unpaired) electrons. The van der Waals surface area contributed by atoms with Crippen molar-refractivity contribution in [1.29, 1.82) is 0 Å². The highest BCUT2D eigenvalue weighted by molar-refractivity contribution is 7.86. The number of hydrogen-bond donors (Lipinski definition) is 3. The number of ether oxygens (including phenoxy) is 1. The Balaban J connectivity index is 1.57. The van der Waals surface area contributed by atoms with E-state index in [0.717, 1.165) is 5.71 Å². The number of carbonyl (C=O) groups is 3. The lowest BCUT2D eigenvalue weighted by Crippen LogP contribution is -2.33. The van der Waals surface area contributed by atoms with Crippen molar-refractivity contribution >= 4 is 65.2 Å². The summed E-state index contributed by atoms with van der Waals surface area (Å²) in [6.45, 7) is 8.68. The summed E-state index contributed by atoms with van der Waals surface area (Å²) in [4.78, 5) is 42.6. The zero-order valence-corrected chi connectivity index (χ0v) is 36.7. The van der Waals surface area contributed by atoms with Gasteiger partial charge in [-0.2, -0.15) is 29.8 Å². The Morgan fingerprint density at radius 2 is 1.47 bits per heavy atom. The molecular weight excluding hydrogens is 843 g/mol. The lowest BCUT2D eigenvalue weighted by atomic mass is 9.75. The molecule has 60 heavy (non-hydrogen) atoms. The molecule has 1 fully saturated rings. The monoisotopic (exact) mass is 894 g/mol. The fourth-order valence-corrected chi connectivity index (χ4v) is 9.85. The smallest absolute Gasteiger partial charge is 0.333 e. The lowest BCUT2D eigenvalue weighted by molar-refractivity contribution is -0.438. The molecule has 0 bridgehead atoms. The molecule has 3 heterocycles. The molecular formula is C40H52N3O14S3+. The number of amides is 2. The van der Waals surface area contributed by atoms with Crippen LogP contribution in [0.3, 0.4) is 0 Å². The highest BCUT2D eigenvalue weighted by atomic mass is 32.2. The maximum absolute atomic E-state index is 12.5. The summed E-state index contributed by atoms with van der Waals surface area (Å²) >= 11 is 0. The van der Waals surface area contributed by atoms with Crippen molar-refractivity contribution in [3.8, 4) is 0 Å². The van der Waals surface area contributed by atoms with E-state index in [1.807, 2.05) is 49.3 Å². The first-order valence-electron chi connectivity index (χ1n) is 19.5. The molecule has 0 spiro atoms. The van der Waals surface area contributed by atoms with E-state index in [1.54, 1.807) is 19.2 Å². The van der Waals surface area contributed by atoms with E-state index < -0.39 is 64.7 Å². The number of unbranched alkanes of at least 4 members (excludes halogenated alkanes) is 2. The third-order valence-electron chi connectivity index (χ3n) is 11.4. The van der Waals surface area contributed by atoms with Crippen LogP contribution in [0.5, 0.6) is 0 Å². The van der Waals surface area contributed by atoms with Crippen molar-refractivity contribution in [3.05, 3.63) is 70.9 Å². The Morgan fingerprint density at radius 3 is 2.05 bits per heavy atom. The predicted octanol–water partition coefficient (Wildman–Crippen LogP) is 5.04. The van der Waals surface area contributed by atoms with Gasteiger partial charge in [-0.15, -0.1) is 5.06 Å². The molecule has 17 nitrogen and oxygen atoms in total. The van der Waals surface area contributed by atoms with Gasteiger partial charge in [0.2, 0.25) is 5.69 Å². The highest BCUT2D eigenvalue weighted by Crippen LogP contribution is 2.52. The molecule has 1 saturated heterocycles. The number of methoxy groups -OCH3 is 1. The van der Waals surface area contributed by atoms with Crippen LogP contribution < -0.4 is 4.90 Å². The molecule has 2 aromatic rings. The van der Waals surface area contributed by atoms with Crippen molar-refractivity contribution in [3.63, 3.8) is 0 Å². The number of fused-ring (bicyclic) bond motifs is 2. The van der Waals surface area contributed by atoms with Crippen molar-refractivity contribution in [2.75, 3.05) is 37.5 Å². The van der Waals surface area contributed by atoms with Crippen LogP contribution in [0, 0.1) is 0 Å². The molecule has 3 aliphatic heterocycles. The van der Waals surface area contributed by atoms with Gasteiger partial charge in [-0.25, -0.2) is 4.79 Å². The summed E-state index contributed by atoms with van der Waals surface area (Å²) in [5.41, 5.74) is 2.85. The second-order valence-electron chi connectivity index (χ2n) is 15.7. The summed E-state index contributed by atoms with van der Waals surface area (Å²) in [6, 6.07) is 8.67. The van der Waals surface area contributed by atoms with Gasteiger partial charge in [-0.3, -0.25) is 23.2 Å².